The van der Waals surface area contributed by atoms with Gasteiger partial charge in [-0.25, -0.2) is 14.0 Å². The second-order valence-corrected chi connectivity index (χ2v) is 6.78. The van der Waals surface area contributed by atoms with Crippen LogP contribution < -0.4 is 10.9 Å². The third-order valence-electron chi connectivity index (χ3n) is 4.79. The molecule has 1 aromatic carbocycles. The van der Waals surface area contributed by atoms with Crippen molar-refractivity contribution in [1.29, 1.82) is 0 Å². The Bertz CT molecular complexity index is 1060. The average molecular weight is 400 g/mol. The van der Waals surface area contributed by atoms with Crippen molar-refractivity contribution in [3.63, 3.8) is 0 Å². The molecule has 1 amide bonds. The van der Waals surface area contributed by atoms with Crippen molar-refractivity contribution in [2.75, 3.05) is 39.4 Å². The highest BCUT2D eigenvalue weighted by molar-refractivity contribution is 5.78. The summed E-state index contributed by atoms with van der Waals surface area (Å²) in [6, 6.07) is 7.40. The van der Waals surface area contributed by atoms with Crippen molar-refractivity contribution in [2.24, 2.45) is 0 Å². The summed E-state index contributed by atoms with van der Waals surface area (Å²) in [6.45, 7) is 4.41. The van der Waals surface area contributed by atoms with Crippen LogP contribution in [-0.4, -0.2) is 70.0 Å². The molecule has 2 aromatic heterocycles. The maximum atomic E-state index is 13.2. The second kappa shape index (κ2) is 8.50. The number of amides is 1. The Kier molecular flexibility index (Phi) is 5.63. The number of carbonyl (C=O) groups is 1. The van der Waals surface area contributed by atoms with Gasteiger partial charge in [0.2, 0.25) is 5.91 Å². The van der Waals surface area contributed by atoms with Crippen molar-refractivity contribution >= 4 is 11.4 Å². The summed E-state index contributed by atoms with van der Waals surface area (Å²) in [5.74, 6) is -0.249. The standard InChI is InChI=1S/C19H21FN6O3/c20-14-3-1-13(2-4-14)15-11-16-19(28)23-22-17(26(16)24-15)12-18(27)21-5-6-25-7-9-29-10-8-25/h1-4,11H,5-10,12H2,(H,21,27)(H,23,28). The number of ether oxygens (including phenoxy) is 1. The van der Waals surface area contributed by atoms with E-state index >= 15 is 0 Å². The molecule has 9 nitrogen and oxygen atoms in total. The van der Waals surface area contributed by atoms with Gasteiger partial charge < -0.3 is 10.1 Å². The van der Waals surface area contributed by atoms with Crippen LogP contribution >= 0.6 is 0 Å². The molecule has 3 heterocycles. The van der Waals surface area contributed by atoms with Crippen LogP contribution in [0, 0.1) is 5.82 Å². The predicted molar refractivity (Wildman–Crippen MR) is 103 cm³/mol. The van der Waals surface area contributed by atoms with Gasteiger partial charge >= 0.3 is 0 Å². The number of aromatic nitrogens is 4. The molecule has 1 aliphatic rings. The number of halogens is 1. The third-order valence-corrected chi connectivity index (χ3v) is 4.79. The summed E-state index contributed by atoms with van der Waals surface area (Å²) < 4.78 is 19.8. The number of aromatic amines is 1. The largest absolute Gasteiger partial charge is 0.379 e. The number of hydrogen-bond donors (Lipinski definition) is 2. The lowest BCUT2D eigenvalue weighted by Crippen LogP contribution is -2.41. The predicted octanol–water partition coefficient (Wildman–Crippen LogP) is 0.215. The topological polar surface area (TPSA) is 105 Å². The molecule has 2 N–H and O–H groups in total. The molecule has 29 heavy (non-hydrogen) atoms. The molecule has 0 unspecified atom stereocenters. The molecule has 0 atom stereocenters. The first kappa shape index (κ1) is 19.2. The number of fused-ring (bicyclic) bond motifs is 1. The molecule has 0 spiro atoms. The van der Waals surface area contributed by atoms with Crippen molar-refractivity contribution in [3.8, 4) is 11.3 Å². The molecule has 4 rings (SSSR count). The van der Waals surface area contributed by atoms with Crippen molar-refractivity contribution in [1.82, 2.24) is 30.0 Å². The number of H-pyrrole nitrogens is 1. The minimum atomic E-state index is -0.415. The summed E-state index contributed by atoms with van der Waals surface area (Å²) >= 11 is 0. The Hall–Kier alpha value is -3.11. The summed E-state index contributed by atoms with van der Waals surface area (Å²) in [5.41, 5.74) is 1.02. The Morgan fingerprint density at radius 2 is 2.00 bits per heavy atom. The molecule has 0 aliphatic carbocycles. The number of hydrogen-bond acceptors (Lipinski definition) is 6. The third kappa shape index (κ3) is 4.49. The number of nitrogens with zero attached hydrogens (tertiary/aromatic N) is 4. The van der Waals surface area contributed by atoms with Crippen LogP contribution in [0.5, 0.6) is 0 Å². The van der Waals surface area contributed by atoms with Crippen LogP contribution in [0.15, 0.2) is 35.1 Å². The number of benzene rings is 1. The van der Waals surface area contributed by atoms with Crippen LogP contribution in [0.25, 0.3) is 16.8 Å². The molecule has 3 aromatic rings. The normalized spacial score (nSPS) is 14.9. The number of morpholine rings is 1. The van der Waals surface area contributed by atoms with E-state index in [0.717, 1.165) is 19.6 Å². The zero-order valence-corrected chi connectivity index (χ0v) is 15.7. The Labute approximate surface area is 165 Å². The highest BCUT2D eigenvalue weighted by atomic mass is 19.1. The highest BCUT2D eigenvalue weighted by Gasteiger charge is 2.15. The maximum Gasteiger partial charge on any atom is 0.290 e. The smallest absolute Gasteiger partial charge is 0.290 e. The van der Waals surface area contributed by atoms with Crippen LogP contribution in [0.2, 0.25) is 0 Å². The summed E-state index contributed by atoms with van der Waals surface area (Å²) in [6.07, 6.45) is -0.0269. The van der Waals surface area contributed by atoms with E-state index in [1.165, 1.54) is 16.6 Å². The molecule has 152 valence electrons. The quantitative estimate of drug-likeness (QED) is 0.613. The van der Waals surface area contributed by atoms with Gasteiger partial charge in [-0.15, -0.1) is 0 Å². The monoisotopic (exact) mass is 400 g/mol. The fourth-order valence-electron chi connectivity index (χ4n) is 3.22. The van der Waals surface area contributed by atoms with Gasteiger partial charge in [0.05, 0.1) is 25.3 Å². The van der Waals surface area contributed by atoms with Gasteiger partial charge in [-0.2, -0.15) is 10.2 Å². The van der Waals surface area contributed by atoms with E-state index < -0.39 is 5.56 Å². The lowest BCUT2D eigenvalue weighted by Gasteiger charge is -2.26. The molecule has 0 saturated carbocycles. The number of nitrogens with one attached hydrogen (secondary N) is 2. The highest BCUT2D eigenvalue weighted by Crippen LogP contribution is 2.19. The van der Waals surface area contributed by atoms with Gasteiger partial charge in [0.25, 0.3) is 5.56 Å². The first-order valence-electron chi connectivity index (χ1n) is 9.40. The number of rotatable bonds is 6. The lowest BCUT2D eigenvalue weighted by atomic mass is 10.1. The maximum absolute atomic E-state index is 13.2. The Morgan fingerprint density at radius 3 is 2.76 bits per heavy atom. The Balaban J connectivity index is 1.46. The van der Waals surface area contributed by atoms with Crippen molar-refractivity contribution in [3.05, 3.63) is 52.3 Å². The summed E-state index contributed by atoms with van der Waals surface area (Å²) in [5, 5.41) is 13.6. The first-order valence-corrected chi connectivity index (χ1v) is 9.40. The molecule has 0 radical (unpaired) electrons. The Morgan fingerprint density at radius 1 is 1.24 bits per heavy atom. The van der Waals surface area contributed by atoms with Crippen LogP contribution in [0.3, 0.4) is 0 Å². The van der Waals surface area contributed by atoms with Gasteiger partial charge in [-0.1, -0.05) is 0 Å². The van der Waals surface area contributed by atoms with E-state index in [2.05, 4.69) is 25.5 Å². The second-order valence-electron chi connectivity index (χ2n) is 6.78. The van der Waals surface area contributed by atoms with E-state index in [1.54, 1.807) is 18.2 Å². The van der Waals surface area contributed by atoms with E-state index in [-0.39, 0.29) is 23.7 Å². The molecule has 1 saturated heterocycles. The van der Waals surface area contributed by atoms with Gasteiger partial charge in [0.1, 0.15) is 11.3 Å². The van der Waals surface area contributed by atoms with E-state index in [4.69, 9.17) is 4.74 Å². The number of carbonyl (C=O) groups excluding carboxylic acids is 1. The van der Waals surface area contributed by atoms with Gasteiger partial charge in [0.15, 0.2) is 5.82 Å². The van der Waals surface area contributed by atoms with E-state index in [9.17, 15) is 14.0 Å². The van der Waals surface area contributed by atoms with Gasteiger partial charge in [-0.3, -0.25) is 14.5 Å². The lowest BCUT2D eigenvalue weighted by molar-refractivity contribution is -0.120. The zero-order chi connectivity index (χ0) is 20.2. The summed E-state index contributed by atoms with van der Waals surface area (Å²) in [4.78, 5) is 26.7. The van der Waals surface area contributed by atoms with Crippen molar-refractivity contribution in [2.45, 2.75) is 6.42 Å². The molecule has 0 bridgehead atoms. The zero-order valence-electron chi connectivity index (χ0n) is 15.7. The molecule has 10 heteroatoms. The SMILES string of the molecule is O=C(Cc1n[nH]c(=O)c2cc(-c3ccc(F)cc3)nn12)NCCN1CCOCC1. The van der Waals surface area contributed by atoms with Gasteiger partial charge in [-0.05, 0) is 30.3 Å². The minimum absolute atomic E-state index is 0.0269. The molecule has 1 aliphatic heterocycles. The van der Waals surface area contributed by atoms with Gasteiger partial charge in [0, 0.05) is 31.7 Å². The fraction of sp³-hybridized carbons (Fsp3) is 0.368. The minimum Gasteiger partial charge on any atom is -0.379 e. The summed E-state index contributed by atoms with van der Waals surface area (Å²) in [7, 11) is 0. The van der Waals surface area contributed by atoms with Crippen LogP contribution in [-0.2, 0) is 16.0 Å². The van der Waals surface area contributed by atoms with Crippen molar-refractivity contribution < 1.29 is 13.9 Å². The molecular weight excluding hydrogens is 379 g/mol. The van der Waals surface area contributed by atoms with Crippen LogP contribution in [0.4, 0.5) is 4.39 Å². The molecular formula is C19H21FN6O3. The van der Waals surface area contributed by atoms with E-state index in [1.807, 2.05) is 0 Å². The van der Waals surface area contributed by atoms with Crippen LogP contribution in [0.1, 0.15) is 5.82 Å². The first-order chi connectivity index (χ1) is 14.1. The average Bonchev–Trinajstić information content (AvgIpc) is 3.18. The molecule has 1 fully saturated rings. The van der Waals surface area contributed by atoms with E-state index in [0.29, 0.717) is 36.8 Å². The fourth-order valence-corrected chi connectivity index (χ4v) is 3.22.